The number of ether oxygens (including phenoxy) is 1. The fourth-order valence-corrected chi connectivity index (χ4v) is 5.31. The van der Waals surface area contributed by atoms with Crippen molar-refractivity contribution in [3.8, 4) is 0 Å². The highest BCUT2D eigenvalue weighted by molar-refractivity contribution is 6.32. The topological polar surface area (TPSA) is 79.5 Å². The Labute approximate surface area is 200 Å². The first kappa shape index (κ1) is 23.6. The number of hydrogen-bond acceptors (Lipinski definition) is 4. The number of aryl methyl sites for hydroxylation is 1. The van der Waals surface area contributed by atoms with E-state index in [1.807, 2.05) is 13.0 Å². The van der Waals surface area contributed by atoms with Gasteiger partial charge in [-0.3, -0.25) is 4.79 Å². The van der Waals surface area contributed by atoms with Crippen LogP contribution in [0.1, 0.15) is 68.4 Å². The number of halogens is 1. The van der Waals surface area contributed by atoms with Crippen molar-refractivity contribution in [2.75, 3.05) is 13.2 Å². The van der Waals surface area contributed by atoms with Gasteiger partial charge in [0.2, 0.25) is 0 Å². The van der Waals surface area contributed by atoms with Gasteiger partial charge in [-0.05, 0) is 63.6 Å². The Morgan fingerprint density at radius 1 is 1.33 bits per heavy atom. The molecule has 0 saturated heterocycles. The number of aliphatic imine (C=N–C) groups is 1. The maximum absolute atomic E-state index is 13.5. The predicted octanol–water partition coefficient (Wildman–Crippen LogP) is 5.94. The number of nitrogens with zero attached hydrogens (tertiary/aromatic N) is 2. The number of nitrogens with one attached hydrogen (secondary N) is 2. The van der Waals surface area contributed by atoms with Crippen LogP contribution in [0.3, 0.4) is 0 Å². The molecule has 0 radical (unpaired) electrons. The first-order valence-electron chi connectivity index (χ1n) is 11.9. The molecule has 7 heteroatoms. The number of carbonyl (C=O) groups excluding carboxylic acids is 1. The van der Waals surface area contributed by atoms with Gasteiger partial charge in [0.25, 0.3) is 5.91 Å². The summed E-state index contributed by atoms with van der Waals surface area (Å²) in [5, 5.41) is 12.1. The lowest BCUT2D eigenvalue weighted by molar-refractivity contribution is 0.0948. The van der Waals surface area contributed by atoms with E-state index in [2.05, 4.69) is 41.0 Å². The maximum Gasteiger partial charge on any atom is 0.252 e. The van der Waals surface area contributed by atoms with E-state index in [4.69, 9.17) is 21.7 Å². The average Bonchev–Trinajstić information content (AvgIpc) is 3.14. The number of carbonyl (C=O) groups is 1. The van der Waals surface area contributed by atoms with Gasteiger partial charge in [-0.2, -0.15) is 0 Å². The molecule has 0 spiro atoms. The van der Waals surface area contributed by atoms with Gasteiger partial charge in [0, 0.05) is 41.1 Å². The smallest absolute Gasteiger partial charge is 0.252 e. The minimum absolute atomic E-state index is 0.0484. The zero-order chi connectivity index (χ0) is 23.5. The van der Waals surface area contributed by atoms with E-state index in [9.17, 15) is 4.79 Å². The Morgan fingerprint density at radius 3 is 2.91 bits per heavy atom. The maximum atomic E-state index is 13.5. The van der Waals surface area contributed by atoms with Crippen LogP contribution in [-0.2, 0) is 11.2 Å². The van der Waals surface area contributed by atoms with E-state index in [0.717, 1.165) is 48.7 Å². The van der Waals surface area contributed by atoms with Crippen LogP contribution in [0.15, 0.2) is 35.1 Å². The SMILES string of the molecule is CC1=CC2CCCCCc3cn(C(C)C)c4cc(Cl)cc(c34)C(=O)NCC2C(OCC=N)=N1. The minimum atomic E-state index is -0.124. The van der Waals surface area contributed by atoms with Crippen molar-refractivity contribution >= 4 is 40.5 Å². The van der Waals surface area contributed by atoms with E-state index < -0.39 is 0 Å². The summed E-state index contributed by atoms with van der Waals surface area (Å²) in [5.74, 6) is 0.688. The monoisotopic (exact) mass is 468 g/mol. The summed E-state index contributed by atoms with van der Waals surface area (Å²) < 4.78 is 8.03. The number of hydrogen-bond donors (Lipinski definition) is 2. The van der Waals surface area contributed by atoms with Crippen LogP contribution < -0.4 is 5.32 Å². The van der Waals surface area contributed by atoms with Gasteiger partial charge < -0.3 is 20.0 Å². The zero-order valence-corrected chi connectivity index (χ0v) is 20.4. The minimum Gasteiger partial charge on any atom is -0.475 e. The molecule has 2 N–H and O–H groups in total. The van der Waals surface area contributed by atoms with Crippen LogP contribution in [0.25, 0.3) is 10.9 Å². The van der Waals surface area contributed by atoms with E-state index >= 15 is 0 Å². The number of aromatic nitrogens is 1. The number of rotatable bonds is 3. The fraction of sp³-hybridized carbons (Fsp3) is 0.500. The van der Waals surface area contributed by atoms with Gasteiger partial charge in [-0.25, -0.2) is 4.99 Å². The third-order valence-electron chi connectivity index (χ3n) is 6.63. The molecule has 33 heavy (non-hydrogen) atoms. The van der Waals surface area contributed by atoms with Crippen LogP contribution >= 0.6 is 11.6 Å². The highest BCUT2D eigenvalue weighted by Gasteiger charge is 2.31. The first-order chi connectivity index (χ1) is 15.9. The Bertz CT molecular complexity index is 1120. The van der Waals surface area contributed by atoms with Crippen molar-refractivity contribution in [2.24, 2.45) is 16.8 Å². The molecule has 6 nitrogen and oxygen atoms in total. The second kappa shape index (κ2) is 10.1. The van der Waals surface area contributed by atoms with Crippen molar-refractivity contribution in [1.29, 1.82) is 5.41 Å². The van der Waals surface area contributed by atoms with Gasteiger partial charge in [0.05, 0.1) is 17.0 Å². The molecule has 2 aromatic rings. The van der Waals surface area contributed by atoms with Gasteiger partial charge >= 0.3 is 0 Å². The molecule has 1 amide bonds. The summed E-state index contributed by atoms with van der Waals surface area (Å²) in [6, 6.07) is 4.03. The summed E-state index contributed by atoms with van der Waals surface area (Å²) in [6.07, 6.45) is 10.9. The Hall–Kier alpha value is -2.60. The molecule has 0 fully saturated rings. The Morgan fingerprint density at radius 2 is 2.15 bits per heavy atom. The lowest BCUT2D eigenvalue weighted by atomic mass is 9.84. The summed E-state index contributed by atoms with van der Waals surface area (Å²) in [4.78, 5) is 18.1. The van der Waals surface area contributed by atoms with Gasteiger partial charge in [0.15, 0.2) is 5.90 Å². The molecule has 3 heterocycles. The largest absolute Gasteiger partial charge is 0.475 e. The van der Waals surface area contributed by atoms with Crippen molar-refractivity contribution in [2.45, 2.75) is 58.9 Å². The summed E-state index contributed by atoms with van der Waals surface area (Å²) in [6.45, 7) is 6.89. The lowest BCUT2D eigenvalue weighted by Gasteiger charge is -2.29. The molecule has 2 unspecified atom stereocenters. The molecule has 0 saturated carbocycles. The van der Waals surface area contributed by atoms with Crippen molar-refractivity contribution < 1.29 is 9.53 Å². The molecule has 2 atom stereocenters. The predicted molar refractivity (Wildman–Crippen MR) is 135 cm³/mol. The van der Waals surface area contributed by atoms with Crippen molar-refractivity contribution in [3.05, 3.63) is 46.3 Å². The second-order valence-electron chi connectivity index (χ2n) is 9.36. The fourth-order valence-electron chi connectivity index (χ4n) is 5.09. The average molecular weight is 469 g/mol. The Balaban J connectivity index is 1.73. The Kier molecular flexibility index (Phi) is 7.23. The molecule has 1 aromatic carbocycles. The summed E-state index contributed by atoms with van der Waals surface area (Å²) in [5.41, 5.74) is 3.79. The van der Waals surface area contributed by atoms with E-state index in [0.29, 0.717) is 23.0 Å². The van der Waals surface area contributed by atoms with Gasteiger partial charge in [-0.15, -0.1) is 0 Å². The molecule has 0 aliphatic carbocycles. The first-order valence-corrected chi connectivity index (χ1v) is 12.3. The van der Waals surface area contributed by atoms with Crippen LogP contribution in [-0.4, -0.2) is 35.7 Å². The van der Waals surface area contributed by atoms with E-state index in [1.165, 1.54) is 11.8 Å². The van der Waals surface area contributed by atoms with Crippen LogP contribution in [0, 0.1) is 17.2 Å². The molecule has 2 aliphatic rings. The van der Waals surface area contributed by atoms with Gasteiger partial charge in [0.1, 0.15) is 6.61 Å². The number of amides is 1. The molecule has 1 aromatic heterocycles. The third-order valence-corrected chi connectivity index (χ3v) is 6.85. The second-order valence-corrected chi connectivity index (χ2v) is 9.79. The molecule has 2 aliphatic heterocycles. The quantitative estimate of drug-likeness (QED) is 0.547. The number of benzene rings is 1. The molecule has 0 bridgehead atoms. The van der Waals surface area contributed by atoms with Gasteiger partial charge in [-0.1, -0.05) is 30.5 Å². The van der Waals surface area contributed by atoms with Crippen molar-refractivity contribution in [1.82, 2.24) is 9.88 Å². The number of fused-ring (bicyclic) bond motifs is 1. The van der Waals surface area contributed by atoms with E-state index in [1.54, 1.807) is 6.07 Å². The number of allylic oxidation sites excluding steroid dienone is 2. The van der Waals surface area contributed by atoms with Crippen molar-refractivity contribution in [3.63, 3.8) is 0 Å². The molecular weight excluding hydrogens is 436 g/mol. The van der Waals surface area contributed by atoms with E-state index in [-0.39, 0.29) is 30.4 Å². The highest BCUT2D eigenvalue weighted by atomic mass is 35.5. The summed E-state index contributed by atoms with van der Waals surface area (Å²) >= 11 is 6.48. The standard InChI is InChI=1S/C26H33ClN4O2/c1-16(2)31-15-19-8-6-4-5-7-18-11-17(3)30-26(33-10-9-28)22(18)14-29-25(32)21-12-20(27)13-23(31)24(19)21/h9,11-13,15-16,18,22,28H,4-8,10,14H2,1-3H3,(H,29,32). The molecular formula is C26H33ClN4O2. The lowest BCUT2D eigenvalue weighted by Crippen LogP contribution is -2.39. The molecule has 176 valence electrons. The van der Waals surface area contributed by atoms with Crippen LogP contribution in [0.4, 0.5) is 0 Å². The zero-order valence-electron chi connectivity index (χ0n) is 19.7. The van der Waals surface area contributed by atoms with Crippen LogP contribution in [0.2, 0.25) is 5.02 Å². The molecule has 4 rings (SSSR count). The third kappa shape index (κ3) is 5.01. The highest BCUT2D eigenvalue weighted by Crippen LogP contribution is 2.34. The van der Waals surface area contributed by atoms with Crippen LogP contribution in [0.5, 0.6) is 0 Å². The summed E-state index contributed by atoms with van der Waals surface area (Å²) in [7, 11) is 0. The normalized spacial score (nSPS) is 21.8.